The fourth-order valence-electron chi connectivity index (χ4n) is 1.47. The zero-order valence-corrected chi connectivity index (χ0v) is 11.2. The Kier molecular flexibility index (Phi) is 5.15. The van der Waals surface area contributed by atoms with Crippen LogP contribution in [-0.4, -0.2) is 16.8 Å². The molecule has 0 saturated carbocycles. The molecule has 15 heavy (non-hydrogen) atoms. The van der Waals surface area contributed by atoms with Crippen molar-refractivity contribution in [1.29, 1.82) is 0 Å². The van der Waals surface area contributed by atoms with E-state index >= 15 is 0 Å². The predicted molar refractivity (Wildman–Crippen MR) is 61.0 cm³/mol. The van der Waals surface area contributed by atoms with Gasteiger partial charge >= 0.3 is 15.3 Å². The molecule has 0 radical (unpaired) electrons. The molecule has 92 valence electrons. The predicted octanol–water partition coefficient (Wildman–Crippen LogP) is 1.21. The van der Waals surface area contributed by atoms with Crippen molar-refractivity contribution in [2.45, 2.75) is 39.8 Å². The molecule has 0 aliphatic carbocycles. The molecule has 0 aliphatic rings. The zero-order valence-electron chi connectivity index (χ0n) is 9.45. The minimum Gasteiger partial charge on any atom is -0.256 e. The van der Waals surface area contributed by atoms with E-state index in [1.54, 1.807) is 27.7 Å². The van der Waals surface area contributed by atoms with E-state index in [1.165, 1.54) is 4.67 Å². The van der Waals surface area contributed by atoms with Gasteiger partial charge in [-0.05, 0) is 27.7 Å². The Morgan fingerprint density at radius 1 is 1.00 bits per heavy atom. The maximum atomic E-state index is 12.0. The zero-order chi connectivity index (χ0) is 12.4. The van der Waals surface area contributed by atoms with E-state index in [2.05, 4.69) is 4.31 Å². The number of nitrogens with zero attached hydrogens (tertiary/aromatic N) is 1. The molecule has 0 amide bonds. The van der Waals surface area contributed by atoms with Crippen LogP contribution in [0.1, 0.15) is 27.7 Å². The van der Waals surface area contributed by atoms with Crippen LogP contribution in [0.5, 0.6) is 0 Å². The van der Waals surface area contributed by atoms with Gasteiger partial charge in [-0.3, -0.25) is 9.13 Å². The summed E-state index contributed by atoms with van der Waals surface area (Å²) in [6.07, 6.45) is 0. The molecule has 6 N–H and O–H groups in total. The lowest BCUT2D eigenvalue weighted by Gasteiger charge is -2.34. The molecule has 0 aliphatic heterocycles. The van der Waals surface area contributed by atoms with E-state index in [9.17, 15) is 9.13 Å². The third kappa shape index (κ3) is 5.22. The first-order valence-electron chi connectivity index (χ1n) is 4.53. The van der Waals surface area contributed by atoms with Gasteiger partial charge in [-0.15, -0.1) is 0 Å². The van der Waals surface area contributed by atoms with Gasteiger partial charge in [-0.25, -0.2) is 25.5 Å². The minimum atomic E-state index is -3.85. The molecule has 7 nitrogen and oxygen atoms in total. The molecular weight excluding hydrogens is 238 g/mol. The van der Waals surface area contributed by atoms with Crippen LogP contribution in [-0.2, 0) is 13.4 Å². The first-order chi connectivity index (χ1) is 6.47. The van der Waals surface area contributed by atoms with Crippen molar-refractivity contribution in [3.05, 3.63) is 0 Å². The van der Waals surface area contributed by atoms with Gasteiger partial charge in [0.2, 0.25) is 0 Å². The molecule has 0 aromatic carbocycles. The second kappa shape index (κ2) is 5.06. The molecular formula is C6H20N4O3P2. The van der Waals surface area contributed by atoms with E-state index in [0.29, 0.717) is 0 Å². The molecule has 0 rings (SSSR count). The Bertz CT molecular complexity index is 293. The standard InChI is InChI=1S/C6H20N4O3P2/c1-5(2)10(6(3)4)15(9,12)13-14(7,8)11/h5-6H,1-4H3,(H2,9,12)(H4,7,8,11). The van der Waals surface area contributed by atoms with Gasteiger partial charge in [0.25, 0.3) is 0 Å². The maximum Gasteiger partial charge on any atom is 0.348 e. The van der Waals surface area contributed by atoms with E-state index in [4.69, 9.17) is 16.5 Å². The summed E-state index contributed by atoms with van der Waals surface area (Å²) < 4.78 is 29.0. The van der Waals surface area contributed by atoms with E-state index in [-0.39, 0.29) is 12.1 Å². The van der Waals surface area contributed by atoms with Crippen LogP contribution in [0.2, 0.25) is 0 Å². The smallest absolute Gasteiger partial charge is 0.256 e. The maximum absolute atomic E-state index is 12.0. The lowest BCUT2D eigenvalue weighted by molar-refractivity contribution is 0.267. The topological polar surface area (TPSA) is 125 Å². The van der Waals surface area contributed by atoms with Crippen LogP contribution in [0.3, 0.4) is 0 Å². The summed E-state index contributed by atoms with van der Waals surface area (Å²) in [6, 6.07) is -0.264. The van der Waals surface area contributed by atoms with Crippen LogP contribution in [0.15, 0.2) is 0 Å². The van der Waals surface area contributed by atoms with Crippen molar-refractivity contribution >= 4 is 15.3 Å². The lowest BCUT2D eigenvalue weighted by Crippen LogP contribution is -2.37. The minimum absolute atomic E-state index is 0.132. The Hall–Kier alpha value is 0.260. The Balaban J connectivity index is 4.97. The monoisotopic (exact) mass is 258 g/mol. The number of hydrogen-bond donors (Lipinski definition) is 3. The van der Waals surface area contributed by atoms with Crippen LogP contribution < -0.4 is 16.5 Å². The van der Waals surface area contributed by atoms with Gasteiger partial charge in [0.05, 0.1) is 0 Å². The molecule has 0 aromatic rings. The van der Waals surface area contributed by atoms with E-state index in [0.717, 1.165) is 0 Å². The van der Waals surface area contributed by atoms with Gasteiger partial charge in [0.1, 0.15) is 0 Å². The normalized spacial score (nSPS) is 17.5. The molecule has 1 unspecified atom stereocenters. The van der Waals surface area contributed by atoms with Crippen molar-refractivity contribution in [1.82, 2.24) is 4.67 Å². The van der Waals surface area contributed by atoms with Gasteiger partial charge in [0.15, 0.2) is 0 Å². The first kappa shape index (κ1) is 15.3. The van der Waals surface area contributed by atoms with Crippen molar-refractivity contribution in [3.8, 4) is 0 Å². The number of nitrogens with two attached hydrogens (primary N) is 3. The molecule has 0 heterocycles. The van der Waals surface area contributed by atoms with Gasteiger partial charge in [-0.2, -0.15) is 0 Å². The average Bonchev–Trinajstić information content (AvgIpc) is 1.74. The second-order valence-corrected chi connectivity index (χ2v) is 7.39. The second-order valence-electron chi connectivity index (χ2n) is 3.86. The summed E-state index contributed by atoms with van der Waals surface area (Å²) in [5.74, 6) is 0. The van der Waals surface area contributed by atoms with Crippen molar-refractivity contribution in [3.63, 3.8) is 0 Å². The third-order valence-corrected chi connectivity index (χ3v) is 5.15. The molecule has 0 saturated heterocycles. The highest BCUT2D eigenvalue weighted by atomic mass is 31.3. The van der Waals surface area contributed by atoms with Crippen LogP contribution in [0, 0.1) is 0 Å². The summed E-state index contributed by atoms with van der Waals surface area (Å²) >= 11 is 0. The number of rotatable bonds is 5. The van der Waals surface area contributed by atoms with Crippen molar-refractivity contribution in [2.75, 3.05) is 0 Å². The van der Waals surface area contributed by atoms with Gasteiger partial charge < -0.3 is 0 Å². The highest BCUT2D eigenvalue weighted by Crippen LogP contribution is 2.54. The fraction of sp³-hybridized carbons (Fsp3) is 1.00. The third-order valence-electron chi connectivity index (χ3n) is 1.62. The van der Waals surface area contributed by atoms with Gasteiger partial charge in [0, 0.05) is 12.1 Å². The Morgan fingerprint density at radius 2 is 1.33 bits per heavy atom. The van der Waals surface area contributed by atoms with Gasteiger partial charge in [-0.1, -0.05) is 0 Å². The summed E-state index contributed by atoms with van der Waals surface area (Å²) in [4.78, 5) is 0. The largest absolute Gasteiger partial charge is 0.348 e. The summed E-state index contributed by atoms with van der Waals surface area (Å²) in [7, 11) is -7.57. The van der Waals surface area contributed by atoms with E-state index in [1.807, 2.05) is 0 Å². The van der Waals surface area contributed by atoms with Crippen LogP contribution in [0.4, 0.5) is 0 Å². The summed E-state index contributed by atoms with van der Waals surface area (Å²) in [5.41, 5.74) is 15.5. The van der Waals surface area contributed by atoms with E-state index < -0.39 is 15.3 Å². The average molecular weight is 258 g/mol. The number of hydrogen-bond acceptors (Lipinski definition) is 3. The Morgan fingerprint density at radius 3 is 1.53 bits per heavy atom. The lowest BCUT2D eigenvalue weighted by atomic mass is 10.3. The molecule has 0 bridgehead atoms. The highest BCUT2D eigenvalue weighted by Gasteiger charge is 2.36. The van der Waals surface area contributed by atoms with Crippen LogP contribution in [0.25, 0.3) is 0 Å². The quantitative estimate of drug-likeness (QED) is 0.633. The van der Waals surface area contributed by atoms with Crippen molar-refractivity contribution in [2.24, 2.45) is 16.5 Å². The molecule has 1 atom stereocenters. The molecule has 9 heteroatoms. The fourth-order valence-corrected chi connectivity index (χ4v) is 4.55. The van der Waals surface area contributed by atoms with Crippen LogP contribution >= 0.6 is 15.3 Å². The van der Waals surface area contributed by atoms with Crippen molar-refractivity contribution < 1.29 is 13.4 Å². The SMILES string of the molecule is CC(C)N(C(C)C)P(N)(=O)OP(N)(N)=O. The molecule has 0 fully saturated rings. The summed E-state index contributed by atoms with van der Waals surface area (Å²) in [5, 5.41) is 0. The highest BCUT2D eigenvalue weighted by molar-refractivity contribution is 7.67. The first-order valence-corrected chi connectivity index (χ1v) is 7.94. The molecule has 0 spiro atoms. The summed E-state index contributed by atoms with van der Waals surface area (Å²) in [6.45, 7) is 7.17. The molecule has 0 aromatic heterocycles. The Labute approximate surface area is 90.4 Å².